The Bertz CT molecular complexity index is 936. The van der Waals surface area contributed by atoms with Crippen LogP contribution in [0.2, 0.25) is 0 Å². The molecule has 0 aromatic carbocycles. The first kappa shape index (κ1) is 48.5. The van der Waals surface area contributed by atoms with Crippen LogP contribution in [0.15, 0.2) is 0 Å². The van der Waals surface area contributed by atoms with Crippen LogP contribution in [0.5, 0.6) is 0 Å². The Balaban J connectivity index is 3.40. The number of hydrogen-bond donors (Lipinski definition) is 2. The highest BCUT2D eigenvalue weighted by Crippen LogP contribution is 2.16. The maximum absolute atomic E-state index is 12.2. The minimum atomic E-state index is -0.685. The predicted octanol–water partition coefficient (Wildman–Crippen LogP) is 8.69. The third-order valence-electron chi connectivity index (χ3n) is 9.23. The molecule has 0 fully saturated rings. The number of Topliss-reactive ketones (excluding diaryl/α,β-unsaturated/α-hetero) is 4. The highest BCUT2D eigenvalue weighted by molar-refractivity contribution is 5.89. The van der Waals surface area contributed by atoms with Gasteiger partial charge < -0.3 is 24.7 Å². The maximum Gasteiger partial charge on any atom is 0.303 e. The van der Waals surface area contributed by atoms with Crippen LogP contribution >= 0.6 is 0 Å². The van der Waals surface area contributed by atoms with Gasteiger partial charge in [-0.25, -0.2) is 0 Å². The fourth-order valence-corrected chi connectivity index (χ4v) is 5.93. The molecule has 0 aromatic heterocycles. The average molecular weight is 724 g/mol. The van der Waals surface area contributed by atoms with Crippen LogP contribution in [0.4, 0.5) is 0 Å². The molecular weight excluding hydrogens is 650 g/mol. The number of hydrogen-bond acceptors (Lipinski definition) is 8. The lowest BCUT2D eigenvalue weighted by atomic mass is 9.91. The molecule has 2 N–H and O–H groups in total. The summed E-state index contributed by atoms with van der Waals surface area (Å²) in [6.07, 6.45) is 23.6. The van der Waals surface area contributed by atoms with Gasteiger partial charge in [-0.1, -0.05) is 77.0 Å². The van der Waals surface area contributed by atoms with E-state index in [-0.39, 0.29) is 48.9 Å². The molecule has 296 valence electrons. The van der Waals surface area contributed by atoms with Crippen molar-refractivity contribution in [3.63, 3.8) is 0 Å². The molecule has 0 aromatic rings. The lowest BCUT2D eigenvalue weighted by Crippen LogP contribution is -2.26. The molecule has 51 heavy (non-hydrogen) atoms. The zero-order chi connectivity index (χ0) is 37.8. The van der Waals surface area contributed by atoms with E-state index in [1.165, 1.54) is 71.6 Å². The molecule has 0 saturated carbocycles. The van der Waals surface area contributed by atoms with E-state index in [0.717, 1.165) is 57.8 Å². The van der Waals surface area contributed by atoms with E-state index in [9.17, 15) is 28.8 Å². The second kappa shape index (κ2) is 35.9. The highest BCUT2D eigenvalue weighted by Gasteiger charge is 2.19. The molecule has 1 amide bonds. The van der Waals surface area contributed by atoms with Crippen LogP contribution in [-0.4, -0.2) is 73.1 Å². The molecule has 0 aliphatic rings. The monoisotopic (exact) mass is 724 g/mol. The van der Waals surface area contributed by atoms with E-state index in [4.69, 9.17) is 14.6 Å². The first-order valence-electron chi connectivity index (χ1n) is 20.3. The van der Waals surface area contributed by atoms with Crippen LogP contribution in [0.3, 0.4) is 0 Å². The van der Waals surface area contributed by atoms with E-state index in [1.54, 1.807) is 0 Å². The van der Waals surface area contributed by atoms with Crippen molar-refractivity contribution >= 4 is 35.0 Å². The Morgan fingerprint density at radius 1 is 0.490 bits per heavy atom. The number of nitrogens with one attached hydrogen (secondary N) is 1. The van der Waals surface area contributed by atoms with Gasteiger partial charge in [0, 0.05) is 83.8 Å². The standard InChI is InChI=1S/C41H73NO9/c1-35(43)25-26-37(36(2)44)34-39(46)27-28-40(47)42-29-21-33-51-32-20-19-31-50-30-18-17-23-38(45)22-15-13-11-9-7-5-3-4-6-8-10-12-14-16-24-41(48)49/h37H,3-34H2,1-2H3,(H,42,47)(H,48,49)/t37-/m1/s1. The van der Waals surface area contributed by atoms with Gasteiger partial charge in [0.05, 0.1) is 0 Å². The van der Waals surface area contributed by atoms with E-state index >= 15 is 0 Å². The largest absolute Gasteiger partial charge is 0.481 e. The molecule has 0 spiro atoms. The minimum absolute atomic E-state index is 0.00253. The lowest BCUT2D eigenvalue weighted by Gasteiger charge is -2.12. The molecule has 0 aliphatic heterocycles. The zero-order valence-corrected chi connectivity index (χ0v) is 32.4. The molecule has 0 rings (SSSR count). The van der Waals surface area contributed by atoms with Crippen molar-refractivity contribution in [2.45, 2.75) is 187 Å². The molecule has 0 unspecified atom stereocenters. The number of amides is 1. The molecule has 10 heteroatoms. The number of aliphatic carboxylic acids is 1. The van der Waals surface area contributed by atoms with Crippen LogP contribution in [0.25, 0.3) is 0 Å². The molecule has 0 saturated heterocycles. The normalized spacial score (nSPS) is 11.7. The molecule has 0 radical (unpaired) electrons. The number of carboxylic acids is 1. The second-order valence-electron chi connectivity index (χ2n) is 14.3. The van der Waals surface area contributed by atoms with Crippen molar-refractivity contribution in [3.8, 4) is 0 Å². The van der Waals surface area contributed by atoms with Gasteiger partial charge in [0.2, 0.25) is 5.91 Å². The summed E-state index contributed by atoms with van der Waals surface area (Å²) in [5, 5.41) is 11.4. The first-order chi connectivity index (χ1) is 24.6. The summed E-state index contributed by atoms with van der Waals surface area (Å²) < 4.78 is 11.3. The Labute approximate surface area is 309 Å². The second-order valence-corrected chi connectivity index (χ2v) is 14.3. The Morgan fingerprint density at radius 2 is 0.922 bits per heavy atom. The van der Waals surface area contributed by atoms with E-state index in [2.05, 4.69) is 5.32 Å². The van der Waals surface area contributed by atoms with Crippen LogP contribution in [0, 0.1) is 5.92 Å². The Morgan fingerprint density at radius 3 is 1.39 bits per heavy atom. The summed E-state index contributed by atoms with van der Waals surface area (Å²) in [5.74, 6) is -1.18. The van der Waals surface area contributed by atoms with Crippen LogP contribution < -0.4 is 5.32 Å². The van der Waals surface area contributed by atoms with E-state index in [1.807, 2.05) is 0 Å². The molecular formula is C41H73NO9. The SMILES string of the molecule is CC(=O)CC[C@H](CC(=O)CCC(=O)NCCCOCCCCOCCCCC(=O)CCCCCCCCCCCCCCCCC(=O)O)C(C)=O. The zero-order valence-electron chi connectivity index (χ0n) is 32.4. The molecule has 0 bridgehead atoms. The number of carbonyl (C=O) groups excluding carboxylic acids is 5. The first-order valence-corrected chi connectivity index (χ1v) is 20.3. The maximum atomic E-state index is 12.2. The van der Waals surface area contributed by atoms with Crippen molar-refractivity contribution in [2.75, 3.05) is 33.0 Å². The summed E-state index contributed by atoms with van der Waals surface area (Å²) >= 11 is 0. The Hall–Kier alpha value is -2.46. The van der Waals surface area contributed by atoms with Crippen LogP contribution in [-0.2, 0) is 38.2 Å². The predicted molar refractivity (Wildman–Crippen MR) is 202 cm³/mol. The van der Waals surface area contributed by atoms with Crippen molar-refractivity contribution in [2.24, 2.45) is 5.92 Å². The molecule has 0 heterocycles. The molecule has 10 nitrogen and oxygen atoms in total. The fraction of sp³-hybridized carbons (Fsp3) is 0.854. The summed E-state index contributed by atoms with van der Waals surface area (Å²) in [6.45, 7) is 5.95. The van der Waals surface area contributed by atoms with Gasteiger partial charge in [-0.15, -0.1) is 0 Å². The highest BCUT2D eigenvalue weighted by atomic mass is 16.5. The smallest absolute Gasteiger partial charge is 0.303 e. The van der Waals surface area contributed by atoms with Gasteiger partial charge in [0.25, 0.3) is 0 Å². The van der Waals surface area contributed by atoms with Gasteiger partial charge in [0.1, 0.15) is 23.1 Å². The van der Waals surface area contributed by atoms with Gasteiger partial charge in [0.15, 0.2) is 0 Å². The summed E-state index contributed by atoms with van der Waals surface area (Å²) in [6, 6.07) is 0. The summed E-state index contributed by atoms with van der Waals surface area (Å²) in [4.78, 5) is 69.7. The number of carbonyl (C=O) groups is 6. The van der Waals surface area contributed by atoms with Crippen molar-refractivity contribution < 1.29 is 43.3 Å². The van der Waals surface area contributed by atoms with Crippen molar-refractivity contribution in [1.29, 1.82) is 0 Å². The topological polar surface area (TPSA) is 153 Å². The van der Waals surface area contributed by atoms with Crippen molar-refractivity contribution in [1.82, 2.24) is 5.32 Å². The molecule has 1 atom stereocenters. The summed E-state index contributed by atoms with van der Waals surface area (Å²) in [5.41, 5.74) is 0. The Kier molecular flexibility index (Phi) is 34.2. The number of rotatable bonds is 40. The fourth-order valence-electron chi connectivity index (χ4n) is 5.93. The van der Waals surface area contributed by atoms with E-state index in [0.29, 0.717) is 70.9 Å². The third-order valence-corrected chi connectivity index (χ3v) is 9.23. The number of ether oxygens (including phenoxy) is 2. The quantitative estimate of drug-likeness (QED) is 0.0591. The average Bonchev–Trinajstić information content (AvgIpc) is 3.08. The van der Waals surface area contributed by atoms with Crippen LogP contribution in [0.1, 0.15) is 187 Å². The number of ketones is 4. The minimum Gasteiger partial charge on any atom is -0.481 e. The van der Waals surface area contributed by atoms with Gasteiger partial charge in [-0.2, -0.15) is 0 Å². The lowest BCUT2D eigenvalue weighted by molar-refractivity contribution is -0.137. The van der Waals surface area contributed by atoms with Gasteiger partial charge in [-0.05, 0) is 65.2 Å². The third kappa shape index (κ3) is 37.1. The van der Waals surface area contributed by atoms with Gasteiger partial charge >= 0.3 is 5.97 Å². The number of carboxylic acid groups (broad SMARTS) is 1. The number of unbranched alkanes of at least 4 members (excludes halogenated alkanes) is 15. The summed E-state index contributed by atoms with van der Waals surface area (Å²) in [7, 11) is 0. The van der Waals surface area contributed by atoms with Crippen molar-refractivity contribution in [3.05, 3.63) is 0 Å². The molecule has 0 aliphatic carbocycles. The van der Waals surface area contributed by atoms with E-state index < -0.39 is 11.9 Å². The van der Waals surface area contributed by atoms with Gasteiger partial charge in [-0.3, -0.25) is 24.0 Å².